The van der Waals surface area contributed by atoms with E-state index in [0.29, 0.717) is 16.4 Å². The van der Waals surface area contributed by atoms with Crippen LogP contribution in [0.3, 0.4) is 0 Å². The van der Waals surface area contributed by atoms with Crippen LogP contribution in [0.1, 0.15) is 18.5 Å². The van der Waals surface area contributed by atoms with E-state index >= 15 is 0 Å². The summed E-state index contributed by atoms with van der Waals surface area (Å²) < 4.78 is 5.14. The van der Waals surface area contributed by atoms with Gasteiger partial charge in [0.25, 0.3) is 5.91 Å². The Morgan fingerprint density at radius 2 is 1.80 bits per heavy atom. The van der Waals surface area contributed by atoms with Crippen molar-refractivity contribution in [2.24, 2.45) is 0 Å². The molecule has 0 aliphatic carbocycles. The maximum Gasteiger partial charge on any atom is 0.255 e. The zero-order valence-electron chi connectivity index (χ0n) is 14.0. The summed E-state index contributed by atoms with van der Waals surface area (Å²) in [6, 6.07) is 16.7. The Bertz CT molecular complexity index is 816. The van der Waals surface area contributed by atoms with E-state index in [-0.39, 0.29) is 11.9 Å². The molecule has 0 fully saturated rings. The molecule has 1 amide bonds. The topological polar surface area (TPSA) is 62.4 Å². The van der Waals surface area contributed by atoms with Crippen molar-refractivity contribution >= 4 is 28.9 Å². The van der Waals surface area contributed by atoms with Crippen molar-refractivity contribution in [3.05, 3.63) is 71.4 Å². The van der Waals surface area contributed by atoms with E-state index in [1.54, 1.807) is 31.4 Å². The van der Waals surface area contributed by atoms with E-state index < -0.39 is 0 Å². The number of nitrogens with one attached hydrogen (secondary N) is 3. The molecule has 5 nitrogen and oxygen atoms in total. The fraction of sp³-hybridized carbons (Fsp3) is 0.158. The molecule has 1 aliphatic heterocycles. The molecule has 1 aliphatic rings. The highest BCUT2D eigenvalue weighted by atomic mass is 32.1. The van der Waals surface area contributed by atoms with Gasteiger partial charge in [0.1, 0.15) is 5.75 Å². The summed E-state index contributed by atoms with van der Waals surface area (Å²) in [7, 11) is 1.61. The summed E-state index contributed by atoms with van der Waals surface area (Å²) in [4.78, 5) is 12.9. The third-order valence-corrected chi connectivity index (χ3v) is 4.21. The largest absolute Gasteiger partial charge is 0.497 e. The minimum atomic E-state index is -0.298. The van der Waals surface area contributed by atoms with Gasteiger partial charge >= 0.3 is 0 Å². The van der Waals surface area contributed by atoms with Crippen LogP contribution in [-0.4, -0.2) is 18.1 Å². The molecule has 0 saturated heterocycles. The predicted molar refractivity (Wildman–Crippen MR) is 102 cm³/mol. The van der Waals surface area contributed by atoms with Gasteiger partial charge in [-0.05, 0) is 49.0 Å². The second-order valence-corrected chi connectivity index (χ2v) is 6.07. The molecular weight excluding hydrogens is 334 g/mol. The van der Waals surface area contributed by atoms with Crippen molar-refractivity contribution in [3.63, 3.8) is 0 Å². The van der Waals surface area contributed by atoms with Crippen LogP contribution in [0.15, 0.2) is 65.9 Å². The Kier molecular flexibility index (Phi) is 5.00. The number of benzene rings is 2. The van der Waals surface area contributed by atoms with E-state index in [0.717, 1.165) is 17.0 Å². The van der Waals surface area contributed by atoms with Crippen molar-refractivity contribution in [3.8, 4) is 5.75 Å². The molecule has 0 bridgehead atoms. The van der Waals surface area contributed by atoms with Gasteiger partial charge in [-0.1, -0.05) is 30.3 Å². The minimum absolute atomic E-state index is 0.181. The fourth-order valence-electron chi connectivity index (χ4n) is 2.76. The molecule has 3 rings (SSSR count). The third-order valence-electron chi connectivity index (χ3n) is 3.99. The van der Waals surface area contributed by atoms with Gasteiger partial charge in [-0.3, -0.25) is 4.79 Å². The second-order valence-electron chi connectivity index (χ2n) is 5.66. The van der Waals surface area contributed by atoms with E-state index in [9.17, 15) is 4.79 Å². The summed E-state index contributed by atoms with van der Waals surface area (Å²) in [5.74, 6) is 0.556. The number of rotatable bonds is 4. The Morgan fingerprint density at radius 3 is 2.44 bits per heavy atom. The first kappa shape index (κ1) is 17.0. The summed E-state index contributed by atoms with van der Waals surface area (Å²) in [5, 5.41) is 9.65. The first-order valence-electron chi connectivity index (χ1n) is 7.87. The smallest absolute Gasteiger partial charge is 0.255 e. The standard InChI is InChI=1S/C19H19N3O2S/c1-12-16(18(23)21-14-8-10-15(24-2)11-9-14)17(22-19(25)20-12)13-6-4-3-5-7-13/h3-11,17H,1-2H3,(H,21,23)(H2,20,22,25)/t17-/m0/s1. The van der Waals surface area contributed by atoms with Crippen LogP contribution in [0.5, 0.6) is 5.75 Å². The highest BCUT2D eigenvalue weighted by Crippen LogP contribution is 2.27. The minimum Gasteiger partial charge on any atom is -0.497 e. The zero-order valence-corrected chi connectivity index (χ0v) is 14.8. The monoisotopic (exact) mass is 353 g/mol. The van der Waals surface area contributed by atoms with Gasteiger partial charge in [-0.2, -0.15) is 0 Å². The number of carbonyl (C=O) groups excluding carboxylic acids is 1. The summed E-state index contributed by atoms with van der Waals surface area (Å²) in [6.45, 7) is 1.85. The average Bonchev–Trinajstić information content (AvgIpc) is 2.62. The van der Waals surface area contributed by atoms with Crippen LogP contribution in [0.4, 0.5) is 5.69 Å². The second kappa shape index (κ2) is 7.36. The van der Waals surface area contributed by atoms with Gasteiger partial charge in [0, 0.05) is 11.4 Å². The highest BCUT2D eigenvalue weighted by molar-refractivity contribution is 7.80. The van der Waals surface area contributed by atoms with Crippen LogP contribution in [0, 0.1) is 0 Å². The van der Waals surface area contributed by atoms with E-state index in [1.165, 1.54) is 0 Å². The Hall–Kier alpha value is -2.86. The number of carbonyl (C=O) groups is 1. The number of amides is 1. The average molecular weight is 353 g/mol. The van der Waals surface area contributed by atoms with Crippen LogP contribution >= 0.6 is 12.2 Å². The molecule has 0 aromatic heterocycles. The summed E-state index contributed by atoms with van der Waals surface area (Å²) in [5.41, 5.74) is 3.02. The van der Waals surface area contributed by atoms with Gasteiger partial charge in [0.05, 0.1) is 18.7 Å². The number of methoxy groups -OCH3 is 1. The van der Waals surface area contributed by atoms with Gasteiger partial charge in [0.2, 0.25) is 0 Å². The Morgan fingerprint density at radius 1 is 1.12 bits per heavy atom. The van der Waals surface area contributed by atoms with Gasteiger partial charge in [-0.25, -0.2) is 0 Å². The number of anilines is 1. The number of ether oxygens (including phenoxy) is 1. The molecule has 3 N–H and O–H groups in total. The molecule has 2 aromatic carbocycles. The summed E-state index contributed by atoms with van der Waals surface area (Å²) >= 11 is 5.25. The number of hydrogen-bond donors (Lipinski definition) is 3. The van der Waals surface area contributed by atoms with Crippen LogP contribution in [0.2, 0.25) is 0 Å². The SMILES string of the molecule is COc1ccc(NC(=O)C2=C(C)NC(=S)N[C@H]2c2ccccc2)cc1. The maximum absolute atomic E-state index is 12.9. The van der Waals surface area contributed by atoms with E-state index in [1.807, 2.05) is 37.3 Å². The number of thiocarbonyl (C=S) groups is 1. The number of allylic oxidation sites excluding steroid dienone is 1. The number of hydrogen-bond acceptors (Lipinski definition) is 3. The normalized spacial score (nSPS) is 16.7. The molecule has 0 radical (unpaired) electrons. The van der Waals surface area contributed by atoms with Crippen LogP contribution < -0.4 is 20.7 Å². The maximum atomic E-state index is 12.9. The van der Waals surface area contributed by atoms with E-state index in [4.69, 9.17) is 17.0 Å². The molecular formula is C19H19N3O2S. The predicted octanol–water partition coefficient (Wildman–Crippen LogP) is 3.13. The molecule has 128 valence electrons. The Balaban J connectivity index is 1.89. The first-order valence-corrected chi connectivity index (χ1v) is 8.28. The molecule has 0 unspecified atom stereocenters. The summed E-state index contributed by atoms with van der Waals surface area (Å²) in [6.07, 6.45) is 0. The molecule has 0 saturated carbocycles. The van der Waals surface area contributed by atoms with Crippen LogP contribution in [0.25, 0.3) is 0 Å². The quantitative estimate of drug-likeness (QED) is 0.737. The van der Waals surface area contributed by atoms with Crippen molar-refractivity contribution in [2.75, 3.05) is 12.4 Å². The van der Waals surface area contributed by atoms with Crippen molar-refractivity contribution in [1.29, 1.82) is 0 Å². The lowest BCUT2D eigenvalue weighted by Gasteiger charge is -2.30. The lowest BCUT2D eigenvalue weighted by molar-refractivity contribution is -0.113. The lowest BCUT2D eigenvalue weighted by Crippen LogP contribution is -2.45. The molecule has 0 spiro atoms. The molecule has 1 atom stereocenters. The molecule has 6 heteroatoms. The van der Waals surface area contributed by atoms with Crippen LogP contribution in [-0.2, 0) is 4.79 Å². The Labute approximate surface area is 152 Å². The van der Waals surface area contributed by atoms with Gasteiger partial charge in [-0.15, -0.1) is 0 Å². The first-order chi connectivity index (χ1) is 12.1. The van der Waals surface area contributed by atoms with Gasteiger partial charge < -0.3 is 20.7 Å². The van der Waals surface area contributed by atoms with Crippen molar-refractivity contribution < 1.29 is 9.53 Å². The molecule has 25 heavy (non-hydrogen) atoms. The highest BCUT2D eigenvalue weighted by Gasteiger charge is 2.29. The molecule has 1 heterocycles. The zero-order chi connectivity index (χ0) is 17.8. The van der Waals surface area contributed by atoms with E-state index in [2.05, 4.69) is 16.0 Å². The van der Waals surface area contributed by atoms with Gasteiger partial charge in [0.15, 0.2) is 5.11 Å². The van der Waals surface area contributed by atoms with Crippen molar-refractivity contribution in [2.45, 2.75) is 13.0 Å². The lowest BCUT2D eigenvalue weighted by atomic mass is 9.95. The fourth-order valence-corrected chi connectivity index (χ4v) is 3.03. The third kappa shape index (κ3) is 3.80. The van der Waals surface area contributed by atoms with Crippen molar-refractivity contribution in [1.82, 2.24) is 10.6 Å². The molecule has 2 aromatic rings.